The molecule has 0 saturated carbocycles. The van der Waals surface area contributed by atoms with E-state index in [0.29, 0.717) is 12.2 Å². The zero-order valence-corrected chi connectivity index (χ0v) is 11.4. The lowest BCUT2D eigenvalue weighted by molar-refractivity contribution is -0.0386. The van der Waals surface area contributed by atoms with E-state index in [9.17, 15) is 0 Å². The van der Waals surface area contributed by atoms with Gasteiger partial charge in [-0.3, -0.25) is 0 Å². The van der Waals surface area contributed by atoms with E-state index in [-0.39, 0.29) is 11.2 Å². The van der Waals surface area contributed by atoms with Gasteiger partial charge in [0.1, 0.15) is 6.10 Å². The van der Waals surface area contributed by atoms with E-state index >= 15 is 0 Å². The molecule has 0 amide bonds. The zero-order valence-electron chi connectivity index (χ0n) is 11.4. The van der Waals surface area contributed by atoms with Crippen LogP contribution in [-0.2, 0) is 14.2 Å². The fourth-order valence-corrected chi connectivity index (χ4v) is 2.12. The molecule has 3 aliphatic heterocycles. The van der Waals surface area contributed by atoms with Gasteiger partial charge in [0.2, 0.25) is 0 Å². The molecule has 0 radical (unpaired) electrons. The summed E-state index contributed by atoms with van der Waals surface area (Å²) in [4.78, 5) is 0. The Hall–Kier alpha value is -0.380. The van der Waals surface area contributed by atoms with Gasteiger partial charge in [-0.1, -0.05) is 12.2 Å². The van der Waals surface area contributed by atoms with Gasteiger partial charge >= 0.3 is 0 Å². The summed E-state index contributed by atoms with van der Waals surface area (Å²) in [5, 5.41) is 0. The molecule has 0 bridgehead atoms. The highest BCUT2D eigenvalue weighted by atomic mass is 16.6. The summed E-state index contributed by atoms with van der Waals surface area (Å²) in [5.74, 6) is 0. The largest absolute Gasteiger partial charge is 0.373 e. The minimum Gasteiger partial charge on any atom is -0.373 e. The van der Waals surface area contributed by atoms with Crippen molar-refractivity contribution in [2.24, 2.45) is 0 Å². The lowest BCUT2D eigenvalue weighted by Crippen LogP contribution is -2.33. The first kappa shape index (κ1) is 13.1. The van der Waals surface area contributed by atoms with Crippen molar-refractivity contribution in [3.63, 3.8) is 0 Å². The fraction of sp³-hybridized carbons (Fsp3) is 0.857. The Balaban J connectivity index is 0.000000128. The van der Waals surface area contributed by atoms with E-state index < -0.39 is 0 Å². The van der Waals surface area contributed by atoms with Crippen LogP contribution < -0.4 is 0 Å². The average molecular weight is 240 g/mol. The standard InChI is InChI=1S/C7H12O2.C7H12O/c1-7(2)3-5-6(9-5)4-8-7;1-7(2)5-3-4-6-8-7/h5-6H,3-4H2,1-2H3;3-4H,5-6H2,1-2H3. The van der Waals surface area contributed by atoms with Crippen molar-refractivity contribution >= 4 is 0 Å². The molecule has 3 nitrogen and oxygen atoms in total. The Kier molecular flexibility index (Phi) is 3.62. The van der Waals surface area contributed by atoms with Gasteiger partial charge in [0.05, 0.1) is 30.5 Å². The molecule has 0 aromatic rings. The van der Waals surface area contributed by atoms with E-state index in [4.69, 9.17) is 14.2 Å². The molecule has 17 heavy (non-hydrogen) atoms. The molecule has 0 aliphatic carbocycles. The SMILES string of the molecule is CC1(C)CC2OC2CO1.CC1(C)CC=CCO1. The van der Waals surface area contributed by atoms with E-state index in [1.807, 2.05) is 0 Å². The van der Waals surface area contributed by atoms with E-state index in [2.05, 4.69) is 39.8 Å². The number of hydrogen-bond donors (Lipinski definition) is 0. The molecular weight excluding hydrogens is 216 g/mol. The van der Waals surface area contributed by atoms with Crippen molar-refractivity contribution in [3.8, 4) is 0 Å². The second-order valence-corrected chi connectivity index (χ2v) is 6.23. The highest BCUT2D eigenvalue weighted by Crippen LogP contribution is 2.37. The van der Waals surface area contributed by atoms with Crippen molar-refractivity contribution in [2.75, 3.05) is 13.2 Å². The van der Waals surface area contributed by atoms with Crippen LogP contribution in [0.15, 0.2) is 12.2 Å². The third-order valence-electron chi connectivity index (χ3n) is 3.37. The lowest BCUT2D eigenvalue weighted by Gasteiger charge is -2.26. The molecule has 3 heteroatoms. The van der Waals surface area contributed by atoms with Crippen LogP contribution in [0, 0.1) is 0 Å². The number of epoxide rings is 1. The molecule has 98 valence electrons. The number of fused-ring (bicyclic) bond motifs is 1. The predicted molar refractivity (Wildman–Crippen MR) is 67.1 cm³/mol. The van der Waals surface area contributed by atoms with Crippen LogP contribution in [0.4, 0.5) is 0 Å². The van der Waals surface area contributed by atoms with Gasteiger partial charge in [-0.2, -0.15) is 0 Å². The van der Waals surface area contributed by atoms with E-state index in [0.717, 1.165) is 26.1 Å². The monoisotopic (exact) mass is 240 g/mol. The van der Waals surface area contributed by atoms with Crippen LogP contribution in [0.1, 0.15) is 40.5 Å². The summed E-state index contributed by atoms with van der Waals surface area (Å²) in [6.45, 7) is 10.0. The zero-order chi connectivity index (χ0) is 12.5. The van der Waals surface area contributed by atoms with Gasteiger partial charge in [-0.05, 0) is 34.1 Å². The first-order chi connectivity index (χ1) is 7.88. The molecule has 2 saturated heterocycles. The third-order valence-corrected chi connectivity index (χ3v) is 3.37. The Morgan fingerprint density at radius 1 is 0.941 bits per heavy atom. The maximum Gasteiger partial charge on any atom is 0.108 e. The van der Waals surface area contributed by atoms with Crippen LogP contribution >= 0.6 is 0 Å². The van der Waals surface area contributed by atoms with Crippen molar-refractivity contribution < 1.29 is 14.2 Å². The molecule has 2 atom stereocenters. The molecule has 3 heterocycles. The molecule has 0 aromatic carbocycles. The smallest absolute Gasteiger partial charge is 0.108 e. The normalized spacial score (nSPS) is 36.5. The molecule has 2 fully saturated rings. The van der Waals surface area contributed by atoms with Crippen molar-refractivity contribution in [1.29, 1.82) is 0 Å². The highest BCUT2D eigenvalue weighted by molar-refractivity contribution is 4.94. The third kappa shape index (κ3) is 4.09. The van der Waals surface area contributed by atoms with Gasteiger partial charge in [0.25, 0.3) is 0 Å². The van der Waals surface area contributed by atoms with Crippen LogP contribution in [0.5, 0.6) is 0 Å². The molecule has 2 unspecified atom stereocenters. The average Bonchev–Trinajstić information content (AvgIpc) is 2.94. The molecule has 3 aliphatic rings. The second-order valence-electron chi connectivity index (χ2n) is 6.23. The van der Waals surface area contributed by atoms with Gasteiger partial charge in [-0.15, -0.1) is 0 Å². The molecule has 0 N–H and O–H groups in total. The fourth-order valence-electron chi connectivity index (χ4n) is 2.12. The maximum absolute atomic E-state index is 5.49. The Labute approximate surface area is 104 Å². The van der Waals surface area contributed by atoms with Gasteiger partial charge in [-0.25, -0.2) is 0 Å². The van der Waals surface area contributed by atoms with Crippen LogP contribution in [0.25, 0.3) is 0 Å². The summed E-state index contributed by atoms with van der Waals surface area (Å²) >= 11 is 0. The predicted octanol–water partition coefficient (Wildman–Crippen LogP) is 2.69. The molecule has 3 rings (SSSR count). The second kappa shape index (κ2) is 4.71. The summed E-state index contributed by atoms with van der Waals surface area (Å²) in [6, 6.07) is 0. The Morgan fingerprint density at radius 2 is 1.71 bits per heavy atom. The van der Waals surface area contributed by atoms with Crippen LogP contribution in [0.3, 0.4) is 0 Å². The molecule has 0 spiro atoms. The van der Waals surface area contributed by atoms with Crippen molar-refractivity contribution in [1.82, 2.24) is 0 Å². The number of rotatable bonds is 0. The summed E-state index contributed by atoms with van der Waals surface area (Å²) in [7, 11) is 0. The van der Waals surface area contributed by atoms with Gasteiger partial charge in [0, 0.05) is 6.42 Å². The minimum atomic E-state index is 0.0671. The summed E-state index contributed by atoms with van der Waals surface area (Å²) in [5.41, 5.74) is 0.159. The Morgan fingerprint density at radius 3 is 2.12 bits per heavy atom. The maximum atomic E-state index is 5.49. The first-order valence-electron chi connectivity index (χ1n) is 6.46. The highest BCUT2D eigenvalue weighted by Gasteiger charge is 2.47. The van der Waals surface area contributed by atoms with Gasteiger partial charge in [0.15, 0.2) is 0 Å². The molecule has 0 aromatic heterocycles. The van der Waals surface area contributed by atoms with Gasteiger partial charge < -0.3 is 14.2 Å². The summed E-state index contributed by atoms with van der Waals surface area (Å²) < 4.78 is 16.2. The van der Waals surface area contributed by atoms with Crippen molar-refractivity contribution in [3.05, 3.63) is 12.2 Å². The first-order valence-corrected chi connectivity index (χ1v) is 6.46. The number of hydrogen-bond acceptors (Lipinski definition) is 3. The lowest BCUT2D eigenvalue weighted by atomic mass is 9.99. The van der Waals surface area contributed by atoms with E-state index in [1.54, 1.807) is 0 Å². The summed E-state index contributed by atoms with van der Waals surface area (Å²) in [6.07, 6.45) is 7.31. The van der Waals surface area contributed by atoms with Crippen LogP contribution in [0.2, 0.25) is 0 Å². The number of ether oxygens (including phenoxy) is 3. The minimum absolute atomic E-state index is 0.0671. The topological polar surface area (TPSA) is 31.0 Å². The van der Waals surface area contributed by atoms with E-state index in [1.165, 1.54) is 0 Å². The van der Waals surface area contributed by atoms with Crippen molar-refractivity contribution in [2.45, 2.75) is 63.9 Å². The quantitative estimate of drug-likeness (QED) is 0.482. The Bertz CT molecular complexity index is 294. The van der Waals surface area contributed by atoms with Crippen LogP contribution in [-0.4, -0.2) is 36.6 Å². The molecular formula is C14H24O3.